The Bertz CT molecular complexity index is 1070. The van der Waals surface area contributed by atoms with Gasteiger partial charge >= 0.3 is 0 Å². The zero-order valence-electron chi connectivity index (χ0n) is 18.5. The van der Waals surface area contributed by atoms with Gasteiger partial charge in [0.15, 0.2) is 11.6 Å². The highest BCUT2D eigenvalue weighted by Crippen LogP contribution is 2.31. The van der Waals surface area contributed by atoms with Crippen molar-refractivity contribution in [2.45, 2.75) is 11.8 Å². The molecule has 1 N–H and O–H groups in total. The van der Waals surface area contributed by atoms with Crippen LogP contribution in [0.2, 0.25) is 10.0 Å². The quantitative estimate of drug-likeness (QED) is 0.622. The Kier molecular flexibility index (Phi) is 7.62. The van der Waals surface area contributed by atoms with Gasteiger partial charge in [-0.05, 0) is 36.8 Å². The van der Waals surface area contributed by atoms with Crippen LogP contribution >= 0.6 is 23.2 Å². The molecule has 33 heavy (non-hydrogen) atoms. The van der Waals surface area contributed by atoms with Crippen molar-refractivity contribution in [1.29, 1.82) is 0 Å². The van der Waals surface area contributed by atoms with Crippen LogP contribution in [0.15, 0.2) is 29.2 Å². The minimum Gasteiger partial charge on any atom is -0.395 e. The highest BCUT2D eigenvalue weighted by molar-refractivity contribution is 7.89. The summed E-state index contributed by atoms with van der Waals surface area (Å²) in [6, 6.07) is 6.90. The van der Waals surface area contributed by atoms with Gasteiger partial charge in [0.05, 0.1) is 11.6 Å². The summed E-state index contributed by atoms with van der Waals surface area (Å²) in [4.78, 5) is 6.54. The van der Waals surface area contributed by atoms with Crippen LogP contribution in [0.5, 0.6) is 0 Å². The Morgan fingerprint density at radius 1 is 0.879 bits per heavy atom. The van der Waals surface area contributed by atoms with Crippen molar-refractivity contribution in [2.75, 3.05) is 75.3 Å². The molecule has 0 aliphatic carbocycles. The fourth-order valence-corrected chi connectivity index (χ4v) is 6.35. The number of aliphatic hydroxyl groups is 1. The van der Waals surface area contributed by atoms with Gasteiger partial charge in [-0.25, -0.2) is 8.42 Å². The molecule has 2 aliphatic rings. The Morgan fingerprint density at radius 2 is 1.42 bits per heavy atom. The molecule has 3 heterocycles. The Labute approximate surface area is 204 Å². The Balaban J connectivity index is 1.37. The summed E-state index contributed by atoms with van der Waals surface area (Å²) in [7, 11) is -3.71. The zero-order valence-corrected chi connectivity index (χ0v) is 20.8. The molecule has 0 radical (unpaired) electrons. The topological polar surface area (TPSA) is 93.1 Å². The first-order valence-corrected chi connectivity index (χ1v) is 13.1. The van der Waals surface area contributed by atoms with E-state index in [1.165, 1.54) is 16.4 Å². The Hall–Kier alpha value is -1.69. The number of aryl methyl sites for hydroxylation is 1. The van der Waals surface area contributed by atoms with Gasteiger partial charge in [0.2, 0.25) is 10.0 Å². The van der Waals surface area contributed by atoms with E-state index in [4.69, 9.17) is 28.3 Å². The molecule has 4 rings (SSSR count). The van der Waals surface area contributed by atoms with E-state index < -0.39 is 10.0 Å². The van der Waals surface area contributed by atoms with Crippen molar-refractivity contribution in [1.82, 2.24) is 19.4 Å². The van der Waals surface area contributed by atoms with Crippen molar-refractivity contribution in [3.63, 3.8) is 0 Å². The third-order valence-electron chi connectivity index (χ3n) is 6.14. The Morgan fingerprint density at radius 3 is 1.94 bits per heavy atom. The maximum atomic E-state index is 13.1. The van der Waals surface area contributed by atoms with Gasteiger partial charge in [0, 0.05) is 63.9 Å². The fraction of sp³-hybridized carbons (Fsp3) is 0.524. The van der Waals surface area contributed by atoms with E-state index in [1.807, 2.05) is 17.0 Å². The predicted molar refractivity (Wildman–Crippen MR) is 130 cm³/mol. The second-order valence-corrected chi connectivity index (χ2v) is 10.9. The van der Waals surface area contributed by atoms with Crippen LogP contribution in [-0.2, 0) is 10.0 Å². The molecule has 12 heteroatoms. The number of benzene rings is 1. The average molecular weight is 515 g/mol. The molecular formula is C21H28Cl2N6O3S. The second kappa shape index (κ2) is 10.3. The summed E-state index contributed by atoms with van der Waals surface area (Å²) in [6.07, 6.45) is 0. The molecule has 0 bridgehead atoms. The van der Waals surface area contributed by atoms with E-state index in [0.717, 1.165) is 37.8 Å². The molecule has 1 aromatic heterocycles. The third-order valence-corrected chi connectivity index (χ3v) is 8.91. The summed E-state index contributed by atoms with van der Waals surface area (Å²) in [5.41, 5.74) is 0.670. The summed E-state index contributed by atoms with van der Waals surface area (Å²) in [5, 5.41) is 18.4. The zero-order chi connectivity index (χ0) is 23.6. The van der Waals surface area contributed by atoms with Crippen LogP contribution in [0.1, 0.15) is 5.56 Å². The SMILES string of the molecule is Cc1cc(S(=O)(=O)N2CCN(c3ccc(N4CCN(CCO)CC4)nn3)CC2)c(Cl)cc1Cl. The number of sulfonamides is 1. The lowest BCUT2D eigenvalue weighted by Crippen LogP contribution is -2.49. The minimum atomic E-state index is -3.71. The lowest BCUT2D eigenvalue weighted by molar-refractivity contribution is 0.188. The van der Waals surface area contributed by atoms with E-state index in [0.29, 0.717) is 43.3 Å². The molecule has 2 fully saturated rings. The molecule has 2 aliphatic heterocycles. The van der Waals surface area contributed by atoms with Gasteiger partial charge in [-0.2, -0.15) is 4.31 Å². The van der Waals surface area contributed by atoms with Crippen LogP contribution in [0.4, 0.5) is 11.6 Å². The highest BCUT2D eigenvalue weighted by Gasteiger charge is 2.31. The number of aromatic nitrogens is 2. The lowest BCUT2D eigenvalue weighted by atomic mass is 10.2. The third kappa shape index (κ3) is 5.36. The molecule has 0 saturated carbocycles. The van der Waals surface area contributed by atoms with Gasteiger partial charge in [0.25, 0.3) is 0 Å². The number of nitrogens with zero attached hydrogens (tertiary/aromatic N) is 6. The number of rotatable bonds is 6. The van der Waals surface area contributed by atoms with Crippen molar-refractivity contribution in [2.24, 2.45) is 0 Å². The number of piperazine rings is 2. The predicted octanol–water partition coefficient (Wildman–Crippen LogP) is 1.72. The molecular weight excluding hydrogens is 487 g/mol. The molecule has 2 saturated heterocycles. The number of anilines is 2. The van der Waals surface area contributed by atoms with Gasteiger partial charge in [-0.1, -0.05) is 23.2 Å². The molecule has 0 spiro atoms. The van der Waals surface area contributed by atoms with E-state index in [1.54, 1.807) is 6.92 Å². The van der Waals surface area contributed by atoms with Crippen molar-refractivity contribution >= 4 is 44.9 Å². The first kappa shape index (κ1) is 24.4. The van der Waals surface area contributed by atoms with Crippen molar-refractivity contribution in [3.05, 3.63) is 39.9 Å². The van der Waals surface area contributed by atoms with Crippen LogP contribution in [0.3, 0.4) is 0 Å². The summed E-state index contributed by atoms with van der Waals surface area (Å²) >= 11 is 12.3. The molecule has 9 nitrogen and oxygen atoms in total. The molecule has 0 unspecified atom stereocenters. The van der Waals surface area contributed by atoms with Gasteiger partial charge in [-0.3, -0.25) is 4.90 Å². The molecule has 1 aromatic carbocycles. The molecule has 0 amide bonds. The van der Waals surface area contributed by atoms with Gasteiger partial charge < -0.3 is 14.9 Å². The number of β-amino-alcohol motifs (C(OH)–C–C–N with tert-alkyl or cyclic N) is 1. The molecule has 0 atom stereocenters. The number of hydrogen-bond acceptors (Lipinski definition) is 8. The standard InChI is InChI=1S/C21H28Cl2N6O3S/c1-16-14-19(18(23)15-17(16)22)33(31,32)29-10-8-28(9-11-29)21-3-2-20(24-25-21)27-6-4-26(5-7-27)12-13-30/h2-3,14-15,30H,4-13H2,1H3. The smallest absolute Gasteiger partial charge is 0.244 e. The number of aliphatic hydroxyl groups excluding tert-OH is 1. The summed E-state index contributed by atoms with van der Waals surface area (Å²) < 4.78 is 27.7. The van der Waals surface area contributed by atoms with E-state index in [2.05, 4.69) is 20.0 Å². The number of hydrogen-bond donors (Lipinski definition) is 1. The fourth-order valence-electron chi connectivity index (χ4n) is 4.12. The van der Waals surface area contributed by atoms with Gasteiger partial charge in [-0.15, -0.1) is 10.2 Å². The first-order chi connectivity index (χ1) is 15.8. The lowest BCUT2D eigenvalue weighted by Gasteiger charge is -2.36. The minimum absolute atomic E-state index is 0.0859. The van der Waals surface area contributed by atoms with E-state index in [9.17, 15) is 8.42 Å². The average Bonchev–Trinajstić information content (AvgIpc) is 2.82. The van der Waals surface area contributed by atoms with Gasteiger partial charge in [0.1, 0.15) is 4.90 Å². The highest BCUT2D eigenvalue weighted by atomic mass is 35.5. The van der Waals surface area contributed by atoms with E-state index in [-0.39, 0.29) is 16.5 Å². The second-order valence-electron chi connectivity index (χ2n) is 8.22. The van der Waals surface area contributed by atoms with Crippen molar-refractivity contribution in [3.8, 4) is 0 Å². The van der Waals surface area contributed by atoms with E-state index >= 15 is 0 Å². The molecule has 180 valence electrons. The van der Waals surface area contributed by atoms with Crippen molar-refractivity contribution < 1.29 is 13.5 Å². The largest absolute Gasteiger partial charge is 0.395 e. The van der Waals surface area contributed by atoms with Crippen LogP contribution in [0, 0.1) is 6.92 Å². The van der Waals surface area contributed by atoms with Crippen LogP contribution < -0.4 is 9.80 Å². The summed E-state index contributed by atoms with van der Waals surface area (Å²) in [5.74, 6) is 1.56. The van der Waals surface area contributed by atoms with Crippen LogP contribution in [-0.4, -0.2) is 98.4 Å². The molecule has 2 aromatic rings. The number of halogens is 2. The monoisotopic (exact) mass is 514 g/mol. The maximum absolute atomic E-state index is 13.1. The maximum Gasteiger partial charge on any atom is 0.244 e. The summed E-state index contributed by atoms with van der Waals surface area (Å²) in [6.45, 7) is 7.78. The van der Waals surface area contributed by atoms with Crippen LogP contribution in [0.25, 0.3) is 0 Å². The first-order valence-electron chi connectivity index (χ1n) is 10.9. The normalized spacial score (nSPS) is 18.7.